The van der Waals surface area contributed by atoms with E-state index in [4.69, 9.17) is 0 Å². The Morgan fingerprint density at radius 1 is 1.00 bits per heavy atom. The summed E-state index contributed by atoms with van der Waals surface area (Å²) >= 11 is 0. The van der Waals surface area contributed by atoms with Gasteiger partial charge in [0.2, 0.25) is 0 Å². The summed E-state index contributed by atoms with van der Waals surface area (Å²) in [6.07, 6.45) is 6.44. The molecule has 1 N–H and O–H groups in total. The standard InChI is InChI=1S/C17H11NO/c19-17(13-6-2-1-3-7-13)11-10-14-12-18-16-9-5-4-8-15(14)16/h1-11H/p+1. The van der Waals surface area contributed by atoms with E-state index in [0.29, 0.717) is 5.56 Å². The molecule has 1 aliphatic heterocycles. The Morgan fingerprint density at radius 3 is 2.58 bits per heavy atom. The van der Waals surface area contributed by atoms with Crippen LogP contribution in [0.3, 0.4) is 0 Å². The fourth-order valence-electron chi connectivity index (χ4n) is 2.02. The van der Waals surface area contributed by atoms with Gasteiger partial charge >= 0.3 is 0 Å². The number of para-hydroxylation sites is 1. The van der Waals surface area contributed by atoms with Gasteiger partial charge in [-0.05, 0) is 12.1 Å². The molecule has 19 heavy (non-hydrogen) atoms. The topological polar surface area (TPSA) is 29.1 Å². The number of hydrogen-bond acceptors (Lipinski definition) is 2. The van der Waals surface area contributed by atoms with E-state index >= 15 is 0 Å². The van der Waals surface area contributed by atoms with Crippen LogP contribution in [0.15, 0.2) is 66.7 Å². The van der Waals surface area contributed by atoms with E-state index < -0.39 is 0 Å². The molecule has 0 atom stereocenters. The average Bonchev–Trinajstić information content (AvgIpc) is 2.89. The molecule has 0 aromatic heterocycles. The number of nitrogens with one attached hydrogen (secondary N) is 1. The van der Waals surface area contributed by atoms with Crippen LogP contribution in [-0.4, -0.2) is 5.78 Å². The number of benzene rings is 2. The second-order valence-corrected chi connectivity index (χ2v) is 4.27. The van der Waals surface area contributed by atoms with Gasteiger partial charge in [0.25, 0.3) is 0 Å². The smallest absolute Gasteiger partial charge is 0.195 e. The Labute approximate surface area is 112 Å². The fraction of sp³-hybridized carbons (Fsp3) is 0. The number of hydrogen-bond donors (Lipinski definition) is 1. The fourth-order valence-corrected chi connectivity index (χ4v) is 2.02. The summed E-state index contributed by atoms with van der Waals surface area (Å²) in [5.41, 5.74) is 3.69. The van der Waals surface area contributed by atoms with Crippen LogP contribution < -0.4 is 5.32 Å². The first kappa shape index (κ1) is 11.4. The third-order valence-electron chi connectivity index (χ3n) is 3.01. The van der Waals surface area contributed by atoms with Gasteiger partial charge in [-0.25, -0.2) is 5.32 Å². The highest BCUT2D eigenvalue weighted by atomic mass is 16.1. The van der Waals surface area contributed by atoms with Gasteiger partial charge in [0.05, 0.1) is 0 Å². The maximum absolute atomic E-state index is 12.0. The molecule has 0 saturated carbocycles. The predicted octanol–water partition coefficient (Wildman–Crippen LogP) is 3.70. The van der Waals surface area contributed by atoms with Crippen LogP contribution in [0.25, 0.3) is 5.57 Å². The van der Waals surface area contributed by atoms with Crippen molar-refractivity contribution in [1.29, 1.82) is 0 Å². The summed E-state index contributed by atoms with van der Waals surface area (Å²) in [6.45, 7) is 0. The van der Waals surface area contributed by atoms with Crippen LogP contribution in [0.5, 0.6) is 0 Å². The van der Waals surface area contributed by atoms with Crippen LogP contribution in [0.2, 0.25) is 0 Å². The van der Waals surface area contributed by atoms with Gasteiger partial charge in [0.15, 0.2) is 17.0 Å². The number of ketones is 1. The van der Waals surface area contributed by atoms with Crippen LogP contribution >= 0.6 is 0 Å². The molecule has 0 aliphatic carbocycles. The second-order valence-electron chi connectivity index (χ2n) is 4.27. The third-order valence-corrected chi connectivity index (χ3v) is 3.01. The lowest BCUT2D eigenvalue weighted by atomic mass is 10.1. The molecule has 3 rings (SSSR count). The summed E-state index contributed by atoms with van der Waals surface area (Å²) in [5, 5.41) is 3.06. The third kappa shape index (κ3) is 2.30. The lowest BCUT2D eigenvalue weighted by Crippen LogP contribution is -1.93. The van der Waals surface area contributed by atoms with Crippen LogP contribution in [0, 0.1) is 6.20 Å². The van der Waals surface area contributed by atoms with E-state index in [0.717, 1.165) is 16.8 Å². The van der Waals surface area contributed by atoms with Crippen molar-refractivity contribution >= 4 is 17.0 Å². The molecule has 90 valence electrons. The normalized spacial score (nSPS) is 12.5. The lowest BCUT2D eigenvalue weighted by molar-refractivity contribution is 0.104. The number of carbonyl (C=O) groups excluding carboxylic acids is 1. The minimum atomic E-state index is -0.000666. The molecule has 0 spiro atoms. The van der Waals surface area contributed by atoms with Gasteiger partial charge in [0.1, 0.15) is 11.8 Å². The van der Waals surface area contributed by atoms with E-state index in [1.165, 1.54) is 0 Å². The van der Waals surface area contributed by atoms with Crippen molar-refractivity contribution in [3.63, 3.8) is 0 Å². The highest BCUT2D eigenvalue weighted by molar-refractivity contribution is 6.06. The van der Waals surface area contributed by atoms with Gasteiger partial charge in [-0.15, -0.1) is 0 Å². The van der Waals surface area contributed by atoms with Gasteiger partial charge in [0, 0.05) is 29.8 Å². The van der Waals surface area contributed by atoms with E-state index in [-0.39, 0.29) is 5.78 Å². The lowest BCUT2D eigenvalue weighted by Gasteiger charge is -1.92. The summed E-state index contributed by atoms with van der Waals surface area (Å²) < 4.78 is 0. The van der Waals surface area contributed by atoms with Gasteiger partial charge in [-0.3, -0.25) is 4.79 Å². The highest BCUT2D eigenvalue weighted by Crippen LogP contribution is 2.29. The Hall–Kier alpha value is -2.70. The van der Waals surface area contributed by atoms with E-state index in [9.17, 15) is 4.79 Å². The van der Waals surface area contributed by atoms with Crippen LogP contribution in [0.4, 0.5) is 5.69 Å². The zero-order chi connectivity index (χ0) is 13.1. The summed E-state index contributed by atoms with van der Waals surface area (Å²) in [7, 11) is 0. The second kappa shape index (κ2) is 4.89. The van der Waals surface area contributed by atoms with Crippen LogP contribution in [0.1, 0.15) is 15.9 Å². The number of anilines is 1. The number of allylic oxidation sites excluding steroid dienone is 3. The maximum Gasteiger partial charge on any atom is 0.195 e. The Balaban J connectivity index is 1.80. The zero-order valence-corrected chi connectivity index (χ0v) is 10.3. The molecule has 2 nitrogen and oxygen atoms in total. The van der Waals surface area contributed by atoms with Crippen molar-refractivity contribution < 1.29 is 4.79 Å². The van der Waals surface area contributed by atoms with Crippen molar-refractivity contribution in [2.75, 3.05) is 5.32 Å². The van der Waals surface area contributed by atoms with E-state index in [1.54, 1.807) is 12.2 Å². The first-order valence-corrected chi connectivity index (χ1v) is 6.10. The Kier molecular flexibility index (Phi) is 2.93. The summed E-state index contributed by atoms with van der Waals surface area (Å²) in [4.78, 5) is 12.0. The molecule has 0 fully saturated rings. The van der Waals surface area contributed by atoms with Crippen molar-refractivity contribution in [1.82, 2.24) is 0 Å². The van der Waals surface area contributed by atoms with Gasteiger partial charge in [-0.1, -0.05) is 30.3 Å². The predicted molar refractivity (Wildman–Crippen MR) is 76.6 cm³/mol. The molecule has 0 amide bonds. The van der Waals surface area contributed by atoms with Crippen molar-refractivity contribution in [3.05, 3.63) is 84.1 Å². The number of carbonyl (C=O) groups is 1. The van der Waals surface area contributed by atoms with Crippen LogP contribution in [-0.2, 0) is 0 Å². The quantitative estimate of drug-likeness (QED) is 0.508. The molecule has 1 heterocycles. The van der Waals surface area contributed by atoms with E-state index in [2.05, 4.69) is 11.5 Å². The molecule has 0 radical (unpaired) electrons. The number of fused-ring (bicyclic) bond motifs is 1. The molecule has 0 saturated heterocycles. The molecule has 0 unspecified atom stereocenters. The average molecular weight is 246 g/mol. The molecule has 0 bridgehead atoms. The minimum Gasteiger partial charge on any atom is -0.288 e. The molecule has 2 heteroatoms. The molecule has 2 aromatic carbocycles. The summed E-state index contributed by atoms with van der Waals surface area (Å²) in [5.74, 6) is -0.000666. The monoisotopic (exact) mass is 246 g/mol. The molecular weight excluding hydrogens is 234 g/mol. The summed E-state index contributed by atoms with van der Waals surface area (Å²) in [6, 6.07) is 17.2. The zero-order valence-electron chi connectivity index (χ0n) is 10.3. The Bertz CT molecular complexity index is 669. The first-order chi connectivity index (χ1) is 9.34. The van der Waals surface area contributed by atoms with Crippen molar-refractivity contribution in [2.24, 2.45) is 0 Å². The minimum absolute atomic E-state index is 0.000666. The largest absolute Gasteiger partial charge is 0.288 e. The Morgan fingerprint density at radius 2 is 1.74 bits per heavy atom. The van der Waals surface area contributed by atoms with Gasteiger partial charge in [-0.2, -0.15) is 0 Å². The molecule has 2 aromatic rings. The number of rotatable bonds is 3. The first-order valence-electron chi connectivity index (χ1n) is 6.10. The molecular formula is C17H12NO+. The SMILES string of the molecule is O=C(/C=C/C1=[C+]Nc2ccccc21)c1ccccc1. The van der Waals surface area contributed by atoms with E-state index in [1.807, 2.05) is 54.6 Å². The van der Waals surface area contributed by atoms with Crippen molar-refractivity contribution in [3.8, 4) is 0 Å². The van der Waals surface area contributed by atoms with Crippen molar-refractivity contribution in [2.45, 2.75) is 0 Å². The van der Waals surface area contributed by atoms with Gasteiger partial charge < -0.3 is 0 Å². The molecule has 1 aliphatic rings. The highest BCUT2D eigenvalue weighted by Gasteiger charge is 2.21. The maximum atomic E-state index is 12.0.